The monoisotopic (exact) mass is 290 g/mol. The van der Waals surface area contributed by atoms with E-state index in [9.17, 15) is 9.59 Å². The van der Waals surface area contributed by atoms with Gasteiger partial charge in [0.1, 0.15) is 0 Å². The lowest BCUT2D eigenvalue weighted by molar-refractivity contribution is 0.0674. The van der Waals surface area contributed by atoms with E-state index in [4.69, 9.17) is 5.73 Å². The number of amides is 3. The minimum atomic E-state index is -0.557. The first kappa shape index (κ1) is 15.3. The minimum Gasteiger partial charge on any atom is -0.352 e. The molecule has 1 saturated heterocycles. The Hall–Kier alpha value is -2.08. The molecule has 0 saturated carbocycles. The van der Waals surface area contributed by atoms with Crippen LogP contribution in [-0.2, 0) is 6.54 Å². The zero-order chi connectivity index (χ0) is 15.4. The molecule has 0 spiro atoms. The van der Waals surface area contributed by atoms with Crippen LogP contribution in [0.1, 0.15) is 29.8 Å². The number of rotatable bonds is 3. The van der Waals surface area contributed by atoms with E-state index in [0.717, 1.165) is 5.56 Å². The zero-order valence-electron chi connectivity index (χ0n) is 12.4. The fourth-order valence-corrected chi connectivity index (χ4v) is 2.63. The van der Waals surface area contributed by atoms with Crippen LogP contribution in [0.5, 0.6) is 0 Å². The Balaban J connectivity index is 2.00. The lowest BCUT2D eigenvalue weighted by Gasteiger charge is -2.36. The maximum absolute atomic E-state index is 12.5. The molecule has 1 heterocycles. The molecule has 6 heteroatoms. The van der Waals surface area contributed by atoms with Gasteiger partial charge in [-0.25, -0.2) is 4.79 Å². The SMILES string of the molecule is C[C@H]1CN(C(=O)c2ccc(CNC(N)=O)cc2)C[C@H](C)N1. The Morgan fingerprint density at radius 2 is 1.81 bits per heavy atom. The predicted octanol–water partition coefficient (Wildman–Crippen LogP) is 0.677. The summed E-state index contributed by atoms with van der Waals surface area (Å²) in [4.78, 5) is 25.0. The van der Waals surface area contributed by atoms with Crippen molar-refractivity contribution in [3.63, 3.8) is 0 Å². The van der Waals surface area contributed by atoms with E-state index < -0.39 is 6.03 Å². The highest BCUT2D eigenvalue weighted by molar-refractivity contribution is 5.94. The van der Waals surface area contributed by atoms with Gasteiger partial charge in [0.05, 0.1) is 0 Å². The molecule has 0 radical (unpaired) electrons. The smallest absolute Gasteiger partial charge is 0.312 e. The molecule has 0 aliphatic carbocycles. The van der Waals surface area contributed by atoms with Crippen LogP contribution in [-0.4, -0.2) is 42.0 Å². The lowest BCUT2D eigenvalue weighted by atomic mass is 10.1. The highest BCUT2D eigenvalue weighted by Crippen LogP contribution is 2.11. The average molecular weight is 290 g/mol. The van der Waals surface area contributed by atoms with Crippen LogP contribution in [0.3, 0.4) is 0 Å². The van der Waals surface area contributed by atoms with Gasteiger partial charge in [0.15, 0.2) is 0 Å². The van der Waals surface area contributed by atoms with Gasteiger partial charge in [-0.1, -0.05) is 12.1 Å². The third-order valence-corrected chi connectivity index (χ3v) is 3.51. The summed E-state index contributed by atoms with van der Waals surface area (Å²) in [7, 11) is 0. The van der Waals surface area contributed by atoms with Crippen molar-refractivity contribution in [1.29, 1.82) is 0 Å². The number of nitrogens with zero attached hydrogens (tertiary/aromatic N) is 1. The van der Waals surface area contributed by atoms with Gasteiger partial charge in [-0.15, -0.1) is 0 Å². The zero-order valence-corrected chi connectivity index (χ0v) is 12.4. The normalized spacial score (nSPS) is 21.9. The molecular formula is C15H22N4O2. The van der Waals surface area contributed by atoms with Crippen LogP contribution in [0.4, 0.5) is 4.79 Å². The molecule has 21 heavy (non-hydrogen) atoms. The molecule has 0 bridgehead atoms. The summed E-state index contributed by atoms with van der Waals surface area (Å²) in [5, 5.41) is 5.93. The molecular weight excluding hydrogens is 268 g/mol. The van der Waals surface area contributed by atoms with E-state index in [1.54, 1.807) is 12.1 Å². The number of carbonyl (C=O) groups is 2. The molecule has 3 amide bonds. The van der Waals surface area contributed by atoms with E-state index in [0.29, 0.717) is 37.3 Å². The number of nitrogens with one attached hydrogen (secondary N) is 2. The van der Waals surface area contributed by atoms with Crippen LogP contribution < -0.4 is 16.4 Å². The quantitative estimate of drug-likeness (QED) is 0.765. The van der Waals surface area contributed by atoms with Gasteiger partial charge < -0.3 is 21.3 Å². The number of primary amides is 1. The minimum absolute atomic E-state index is 0.0459. The Morgan fingerprint density at radius 1 is 1.24 bits per heavy atom. The summed E-state index contributed by atoms with van der Waals surface area (Å²) in [5.74, 6) is 0.0459. The Labute approximate surface area is 124 Å². The summed E-state index contributed by atoms with van der Waals surface area (Å²) in [6, 6.07) is 7.29. The van der Waals surface area contributed by atoms with E-state index in [-0.39, 0.29) is 5.91 Å². The van der Waals surface area contributed by atoms with Gasteiger partial charge in [-0.05, 0) is 31.5 Å². The summed E-state index contributed by atoms with van der Waals surface area (Å²) in [5.41, 5.74) is 6.60. The second-order valence-electron chi connectivity index (χ2n) is 5.59. The first-order chi connectivity index (χ1) is 9.95. The lowest BCUT2D eigenvalue weighted by Crippen LogP contribution is -2.55. The summed E-state index contributed by atoms with van der Waals surface area (Å²) < 4.78 is 0. The molecule has 1 aliphatic heterocycles. The Bertz CT molecular complexity index is 505. The molecule has 1 aromatic rings. The fourth-order valence-electron chi connectivity index (χ4n) is 2.63. The van der Waals surface area contributed by atoms with Crippen LogP contribution in [0, 0.1) is 0 Å². The summed E-state index contributed by atoms with van der Waals surface area (Å²) in [6.45, 7) is 5.96. The fraction of sp³-hybridized carbons (Fsp3) is 0.467. The van der Waals surface area contributed by atoms with Crippen LogP contribution in [0.2, 0.25) is 0 Å². The largest absolute Gasteiger partial charge is 0.352 e. The van der Waals surface area contributed by atoms with E-state index >= 15 is 0 Å². The molecule has 114 valence electrons. The van der Waals surface area contributed by atoms with E-state index in [2.05, 4.69) is 24.5 Å². The van der Waals surface area contributed by atoms with Crippen molar-refractivity contribution in [3.05, 3.63) is 35.4 Å². The van der Waals surface area contributed by atoms with Crippen LogP contribution in [0.25, 0.3) is 0 Å². The number of benzene rings is 1. The Morgan fingerprint density at radius 3 is 2.33 bits per heavy atom. The average Bonchev–Trinajstić information content (AvgIpc) is 2.44. The highest BCUT2D eigenvalue weighted by Gasteiger charge is 2.25. The molecule has 0 unspecified atom stereocenters. The van der Waals surface area contributed by atoms with Crippen molar-refractivity contribution in [2.24, 2.45) is 5.73 Å². The highest BCUT2D eigenvalue weighted by atomic mass is 16.2. The summed E-state index contributed by atoms with van der Waals surface area (Å²) >= 11 is 0. The van der Waals surface area contributed by atoms with Crippen molar-refractivity contribution in [1.82, 2.24) is 15.5 Å². The molecule has 1 fully saturated rings. The third-order valence-electron chi connectivity index (χ3n) is 3.51. The summed E-state index contributed by atoms with van der Waals surface area (Å²) in [6.07, 6.45) is 0. The molecule has 0 aromatic heterocycles. The van der Waals surface area contributed by atoms with Gasteiger partial charge in [0.25, 0.3) is 5.91 Å². The van der Waals surface area contributed by atoms with Gasteiger partial charge >= 0.3 is 6.03 Å². The van der Waals surface area contributed by atoms with Crippen LogP contribution >= 0.6 is 0 Å². The van der Waals surface area contributed by atoms with Crippen molar-refractivity contribution >= 4 is 11.9 Å². The molecule has 2 rings (SSSR count). The molecule has 2 atom stereocenters. The molecule has 4 N–H and O–H groups in total. The number of hydrogen-bond donors (Lipinski definition) is 3. The molecule has 6 nitrogen and oxygen atoms in total. The van der Waals surface area contributed by atoms with Crippen molar-refractivity contribution in [3.8, 4) is 0 Å². The molecule has 1 aromatic carbocycles. The number of carbonyl (C=O) groups excluding carboxylic acids is 2. The van der Waals surface area contributed by atoms with Gasteiger partial charge in [0.2, 0.25) is 0 Å². The second kappa shape index (κ2) is 6.58. The van der Waals surface area contributed by atoms with Crippen molar-refractivity contribution < 1.29 is 9.59 Å². The number of hydrogen-bond acceptors (Lipinski definition) is 3. The number of nitrogens with two attached hydrogens (primary N) is 1. The van der Waals surface area contributed by atoms with Gasteiger partial charge in [-0.3, -0.25) is 4.79 Å². The maximum Gasteiger partial charge on any atom is 0.312 e. The van der Waals surface area contributed by atoms with Gasteiger partial charge in [0, 0.05) is 37.3 Å². The number of urea groups is 1. The third kappa shape index (κ3) is 4.19. The number of piperazine rings is 1. The van der Waals surface area contributed by atoms with Crippen molar-refractivity contribution in [2.75, 3.05) is 13.1 Å². The Kier molecular flexibility index (Phi) is 4.80. The second-order valence-corrected chi connectivity index (χ2v) is 5.59. The van der Waals surface area contributed by atoms with Gasteiger partial charge in [-0.2, -0.15) is 0 Å². The maximum atomic E-state index is 12.5. The first-order valence-electron chi connectivity index (χ1n) is 7.13. The van der Waals surface area contributed by atoms with Crippen molar-refractivity contribution in [2.45, 2.75) is 32.5 Å². The van der Waals surface area contributed by atoms with Crippen LogP contribution in [0.15, 0.2) is 24.3 Å². The standard InChI is InChI=1S/C15H22N4O2/c1-10-8-19(9-11(2)18-10)14(20)13-5-3-12(4-6-13)7-17-15(16)21/h3-6,10-11,18H,7-9H2,1-2H3,(H3,16,17,21)/t10-,11-/m0/s1. The van der Waals surface area contributed by atoms with E-state index in [1.807, 2.05) is 17.0 Å². The topological polar surface area (TPSA) is 87.5 Å². The first-order valence-corrected chi connectivity index (χ1v) is 7.13. The van der Waals surface area contributed by atoms with E-state index in [1.165, 1.54) is 0 Å². The predicted molar refractivity (Wildman–Crippen MR) is 80.8 cm³/mol. The molecule has 1 aliphatic rings.